The maximum atomic E-state index is 10.8. The molecule has 32 heavy (non-hydrogen) atoms. The van der Waals surface area contributed by atoms with Crippen LogP contribution in [0.15, 0.2) is 59.6 Å². The molecular formula is C25H37N5O2. The van der Waals surface area contributed by atoms with Gasteiger partial charge in [0.15, 0.2) is 12.6 Å². The lowest BCUT2D eigenvalue weighted by Crippen LogP contribution is -2.39. The molecule has 0 bridgehead atoms. The summed E-state index contributed by atoms with van der Waals surface area (Å²) in [6, 6.07) is 18.5. The fourth-order valence-corrected chi connectivity index (χ4v) is 3.52. The Kier molecular flexibility index (Phi) is 11.1. The molecule has 0 radical (unpaired) electrons. The molecule has 0 aliphatic heterocycles. The van der Waals surface area contributed by atoms with Crippen LogP contribution in [0, 0.1) is 0 Å². The molecule has 174 valence electrons. The van der Waals surface area contributed by atoms with Crippen molar-refractivity contribution in [3.63, 3.8) is 0 Å². The smallest absolute Gasteiger partial charge is 0.255 e. The molecule has 4 N–H and O–H groups in total. The van der Waals surface area contributed by atoms with Crippen molar-refractivity contribution < 1.29 is 9.53 Å². The summed E-state index contributed by atoms with van der Waals surface area (Å²) >= 11 is 0. The zero-order valence-corrected chi connectivity index (χ0v) is 19.5. The number of likely N-dealkylation sites (N-methyl/N-ethyl adjacent to an activating group) is 1. The van der Waals surface area contributed by atoms with Crippen LogP contribution in [-0.2, 0) is 11.2 Å². The SMILES string of the molecule is CCNC(=NCC(c1ccccc1)N(CC)CC)NCCc1ccc(OCC(N)=O)cc1. The summed E-state index contributed by atoms with van der Waals surface area (Å²) in [6.45, 7) is 10.6. The number of ether oxygens (including phenoxy) is 1. The van der Waals surface area contributed by atoms with Crippen molar-refractivity contribution in [3.05, 3.63) is 65.7 Å². The monoisotopic (exact) mass is 439 g/mol. The number of carbonyl (C=O) groups excluding carboxylic acids is 1. The lowest BCUT2D eigenvalue weighted by Gasteiger charge is -2.29. The summed E-state index contributed by atoms with van der Waals surface area (Å²) in [5.41, 5.74) is 7.56. The van der Waals surface area contributed by atoms with Gasteiger partial charge in [-0.25, -0.2) is 0 Å². The van der Waals surface area contributed by atoms with Crippen LogP contribution in [0.2, 0.25) is 0 Å². The number of amides is 1. The molecule has 1 atom stereocenters. The van der Waals surface area contributed by atoms with Crippen molar-refractivity contribution in [3.8, 4) is 5.75 Å². The van der Waals surface area contributed by atoms with Crippen LogP contribution in [0.25, 0.3) is 0 Å². The van der Waals surface area contributed by atoms with Gasteiger partial charge in [0.25, 0.3) is 5.91 Å². The highest BCUT2D eigenvalue weighted by Crippen LogP contribution is 2.20. The molecule has 2 aromatic rings. The van der Waals surface area contributed by atoms with Gasteiger partial charge >= 0.3 is 0 Å². The molecular weight excluding hydrogens is 402 g/mol. The van der Waals surface area contributed by atoms with Gasteiger partial charge in [-0.15, -0.1) is 0 Å². The van der Waals surface area contributed by atoms with Gasteiger partial charge in [-0.2, -0.15) is 0 Å². The van der Waals surface area contributed by atoms with Crippen LogP contribution in [0.5, 0.6) is 5.75 Å². The van der Waals surface area contributed by atoms with Gasteiger partial charge in [-0.05, 0) is 49.7 Å². The van der Waals surface area contributed by atoms with Crippen molar-refractivity contribution in [1.82, 2.24) is 15.5 Å². The molecule has 2 aromatic carbocycles. The average Bonchev–Trinajstić information content (AvgIpc) is 2.81. The first-order valence-corrected chi connectivity index (χ1v) is 11.4. The highest BCUT2D eigenvalue weighted by atomic mass is 16.5. The van der Waals surface area contributed by atoms with Crippen LogP contribution >= 0.6 is 0 Å². The van der Waals surface area contributed by atoms with Gasteiger partial charge in [0.2, 0.25) is 0 Å². The normalized spacial score (nSPS) is 12.4. The summed E-state index contributed by atoms with van der Waals surface area (Å²) in [5, 5.41) is 6.78. The number of nitrogens with zero attached hydrogens (tertiary/aromatic N) is 2. The molecule has 0 heterocycles. The van der Waals surface area contributed by atoms with Gasteiger partial charge in [0, 0.05) is 13.1 Å². The summed E-state index contributed by atoms with van der Waals surface area (Å²) in [7, 11) is 0. The summed E-state index contributed by atoms with van der Waals surface area (Å²) in [6.07, 6.45) is 0.846. The van der Waals surface area contributed by atoms with E-state index in [1.807, 2.05) is 30.3 Å². The Hall–Kier alpha value is -3.06. The third-order valence-corrected chi connectivity index (χ3v) is 5.21. The van der Waals surface area contributed by atoms with Crippen LogP contribution in [-0.4, -0.2) is 56.1 Å². The number of benzene rings is 2. The summed E-state index contributed by atoms with van der Waals surface area (Å²) < 4.78 is 5.30. The summed E-state index contributed by atoms with van der Waals surface area (Å²) in [4.78, 5) is 18.1. The Balaban J connectivity index is 1.95. The molecule has 0 saturated heterocycles. The first-order valence-electron chi connectivity index (χ1n) is 11.4. The standard InChI is InChI=1S/C25H37N5O2/c1-4-27-25(28-17-16-20-12-14-22(15-13-20)32-19-24(26)31)29-18-23(30(5-2)6-3)21-10-8-7-9-11-21/h7-15,23H,4-6,16-19H2,1-3H3,(H2,26,31)(H2,27,28,29). The number of aliphatic imine (C=N–C) groups is 1. The molecule has 0 aliphatic carbocycles. The van der Waals surface area contributed by atoms with Crippen LogP contribution in [0.4, 0.5) is 0 Å². The van der Waals surface area contributed by atoms with Crippen molar-refractivity contribution in [2.45, 2.75) is 33.2 Å². The largest absolute Gasteiger partial charge is 0.484 e. The fourth-order valence-electron chi connectivity index (χ4n) is 3.52. The number of nitrogens with two attached hydrogens (primary N) is 1. The highest BCUT2D eigenvalue weighted by Gasteiger charge is 2.17. The highest BCUT2D eigenvalue weighted by molar-refractivity contribution is 5.79. The van der Waals surface area contributed by atoms with Gasteiger partial charge < -0.3 is 21.1 Å². The number of guanidine groups is 1. The first kappa shape index (κ1) is 25.2. The summed E-state index contributed by atoms with van der Waals surface area (Å²) in [5.74, 6) is 0.977. The number of nitrogens with one attached hydrogen (secondary N) is 2. The number of carbonyl (C=O) groups is 1. The second-order valence-corrected chi connectivity index (χ2v) is 7.44. The van der Waals surface area contributed by atoms with Crippen molar-refractivity contribution in [2.24, 2.45) is 10.7 Å². The van der Waals surface area contributed by atoms with E-state index in [-0.39, 0.29) is 12.6 Å². The topological polar surface area (TPSA) is 92.0 Å². The average molecular weight is 440 g/mol. The van der Waals surface area contributed by atoms with E-state index in [4.69, 9.17) is 15.5 Å². The van der Waals surface area contributed by atoms with E-state index in [0.717, 1.165) is 38.6 Å². The Morgan fingerprint density at radius 3 is 2.31 bits per heavy atom. The maximum Gasteiger partial charge on any atom is 0.255 e. The zero-order valence-electron chi connectivity index (χ0n) is 19.5. The molecule has 0 spiro atoms. The van der Waals surface area contributed by atoms with E-state index in [9.17, 15) is 4.79 Å². The first-order chi connectivity index (χ1) is 15.6. The number of hydrogen-bond acceptors (Lipinski definition) is 4. The molecule has 0 fully saturated rings. The quantitative estimate of drug-likeness (QED) is 0.330. The molecule has 7 heteroatoms. The molecule has 0 saturated carbocycles. The van der Waals surface area contributed by atoms with Gasteiger partial charge in [-0.3, -0.25) is 14.7 Å². The maximum absolute atomic E-state index is 10.8. The van der Waals surface area contributed by atoms with Crippen molar-refractivity contribution >= 4 is 11.9 Å². The van der Waals surface area contributed by atoms with E-state index in [1.165, 1.54) is 11.1 Å². The van der Waals surface area contributed by atoms with Crippen molar-refractivity contribution in [2.75, 3.05) is 39.3 Å². The number of rotatable bonds is 13. The number of hydrogen-bond donors (Lipinski definition) is 3. The predicted molar refractivity (Wildman–Crippen MR) is 131 cm³/mol. The van der Waals surface area contributed by atoms with E-state index >= 15 is 0 Å². The third-order valence-electron chi connectivity index (χ3n) is 5.21. The van der Waals surface area contributed by atoms with Crippen LogP contribution < -0.4 is 21.1 Å². The molecule has 0 aromatic heterocycles. The lowest BCUT2D eigenvalue weighted by atomic mass is 10.1. The predicted octanol–water partition coefficient (Wildman–Crippen LogP) is 2.73. The Bertz CT molecular complexity index is 820. The lowest BCUT2D eigenvalue weighted by molar-refractivity contribution is -0.119. The van der Waals surface area contributed by atoms with E-state index in [0.29, 0.717) is 12.3 Å². The molecule has 1 unspecified atom stereocenters. The van der Waals surface area contributed by atoms with Gasteiger partial charge in [-0.1, -0.05) is 56.3 Å². The zero-order chi connectivity index (χ0) is 23.2. The van der Waals surface area contributed by atoms with Crippen molar-refractivity contribution in [1.29, 1.82) is 0 Å². The van der Waals surface area contributed by atoms with Gasteiger partial charge in [0.1, 0.15) is 5.75 Å². The Labute approximate surface area is 192 Å². The second-order valence-electron chi connectivity index (χ2n) is 7.44. The number of primary amides is 1. The van der Waals surface area contributed by atoms with Crippen LogP contribution in [0.3, 0.4) is 0 Å². The molecule has 1 amide bonds. The molecule has 2 rings (SSSR count). The minimum absolute atomic E-state index is 0.110. The van der Waals surface area contributed by atoms with Gasteiger partial charge in [0.05, 0.1) is 12.6 Å². The molecule has 7 nitrogen and oxygen atoms in total. The van der Waals surface area contributed by atoms with Crippen LogP contribution in [0.1, 0.15) is 37.9 Å². The van der Waals surface area contributed by atoms with E-state index in [2.05, 4.69) is 60.6 Å². The second kappa shape index (κ2) is 14.1. The minimum Gasteiger partial charge on any atom is -0.484 e. The molecule has 0 aliphatic rings. The Morgan fingerprint density at radius 1 is 1.03 bits per heavy atom. The third kappa shape index (κ3) is 8.59. The van der Waals surface area contributed by atoms with E-state index in [1.54, 1.807) is 0 Å². The fraction of sp³-hybridized carbons (Fsp3) is 0.440. The van der Waals surface area contributed by atoms with E-state index < -0.39 is 5.91 Å². The Morgan fingerprint density at radius 2 is 1.72 bits per heavy atom. The minimum atomic E-state index is -0.482.